The molecule has 0 unspecified atom stereocenters. The standard InChI is InChI=1S/3C8H19O2P.C3H8O3/c3*1-3-5-7-11(9,10)8-6-4-2;4-1-3(6)2-5/h3*3-8H2,1-2H3,(H,9,10);3-6H,1-2H2. The molecule has 242 valence electrons. The molecule has 0 radical (unpaired) electrons. The van der Waals surface area contributed by atoms with E-state index in [0.717, 1.165) is 77.0 Å². The van der Waals surface area contributed by atoms with E-state index in [1.807, 2.05) is 41.5 Å². The van der Waals surface area contributed by atoms with Crippen molar-refractivity contribution in [2.24, 2.45) is 0 Å². The van der Waals surface area contributed by atoms with E-state index in [1.165, 1.54) is 0 Å². The molecule has 0 atom stereocenters. The Balaban J connectivity index is -0.000000214. The molecule has 0 spiro atoms. The second kappa shape index (κ2) is 31.4. The van der Waals surface area contributed by atoms with Crippen molar-refractivity contribution in [2.45, 2.75) is 125 Å². The van der Waals surface area contributed by atoms with Crippen LogP contribution < -0.4 is 0 Å². The van der Waals surface area contributed by atoms with Gasteiger partial charge < -0.3 is 30.0 Å². The molecule has 0 heterocycles. The smallest absolute Gasteiger partial charge is 0.200 e. The highest BCUT2D eigenvalue weighted by Gasteiger charge is 2.16. The van der Waals surface area contributed by atoms with Crippen LogP contribution in [0.1, 0.15) is 119 Å². The number of aliphatic hydroxyl groups excluding tert-OH is 3. The van der Waals surface area contributed by atoms with Crippen molar-refractivity contribution in [1.82, 2.24) is 0 Å². The van der Waals surface area contributed by atoms with Gasteiger partial charge in [0.2, 0.25) is 22.1 Å². The number of aliphatic hydroxyl groups is 3. The fourth-order valence-electron chi connectivity index (χ4n) is 2.82. The fraction of sp³-hybridized carbons (Fsp3) is 1.00. The minimum absolute atomic E-state index is 0.365. The summed E-state index contributed by atoms with van der Waals surface area (Å²) in [5, 5.41) is 24.0. The summed E-state index contributed by atoms with van der Waals surface area (Å²) in [7, 11) is -8.18. The van der Waals surface area contributed by atoms with E-state index in [4.69, 9.17) is 15.3 Å². The first-order valence-corrected chi connectivity index (χ1v) is 21.1. The van der Waals surface area contributed by atoms with Crippen molar-refractivity contribution in [3.05, 3.63) is 0 Å². The van der Waals surface area contributed by atoms with E-state index in [1.54, 1.807) is 0 Å². The van der Waals surface area contributed by atoms with E-state index in [-0.39, 0.29) is 13.2 Å². The Morgan fingerprint density at radius 1 is 0.436 bits per heavy atom. The van der Waals surface area contributed by atoms with Crippen LogP contribution in [0.25, 0.3) is 0 Å². The Morgan fingerprint density at radius 2 is 0.590 bits per heavy atom. The van der Waals surface area contributed by atoms with Gasteiger partial charge in [-0.15, -0.1) is 0 Å². The van der Waals surface area contributed by atoms with Gasteiger partial charge in [-0.1, -0.05) is 80.1 Å². The maximum atomic E-state index is 11.3. The first-order chi connectivity index (χ1) is 18.2. The number of unbranched alkanes of at least 4 members (excludes halogenated alkanes) is 6. The summed E-state index contributed by atoms with van der Waals surface area (Å²) in [5.74, 6) is 0. The molecule has 0 aromatic carbocycles. The molecule has 0 aliphatic rings. The maximum absolute atomic E-state index is 11.3. The Morgan fingerprint density at radius 3 is 0.667 bits per heavy atom. The Labute approximate surface area is 240 Å². The molecule has 0 bridgehead atoms. The first kappa shape index (κ1) is 46.4. The molecule has 12 heteroatoms. The molecular weight excluding hydrogens is 561 g/mol. The summed E-state index contributed by atoms with van der Waals surface area (Å²) in [4.78, 5) is 28.0. The lowest BCUT2D eigenvalue weighted by Gasteiger charge is -2.09. The van der Waals surface area contributed by atoms with Gasteiger partial charge >= 0.3 is 0 Å². The van der Waals surface area contributed by atoms with Gasteiger partial charge in [-0.2, -0.15) is 0 Å². The highest BCUT2D eigenvalue weighted by Crippen LogP contribution is 2.43. The molecule has 0 aromatic rings. The number of rotatable bonds is 20. The molecule has 0 aliphatic heterocycles. The maximum Gasteiger partial charge on any atom is 0.200 e. The van der Waals surface area contributed by atoms with Gasteiger partial charge in [0.1, 0.15) is 6.10 Å². The highest BCUT2D eigenvalue weighted by molar-refractivity contribution is 7.58. The highest BCUT2D eigenvalue weighted by atomic mass is 31.2. The predicted octanol–water partition coefficient (Wildman–Crippen LogP) is 6.90. The molecular formula is C27H65O9P3. The molecule has 0 fully saturated rings. The predicted molar refractivity (Wildman–Crippen MR) is 168 cm³/mol. The average Bonchev–Trinajstić information content (AvgIpc) is 2.91. The Bertz CT molecular complexity index is 518. The van der Waals surface area contributed by atoms with Crippen molar-refractivity contribution in [3.8, 4) is 0 Å². The van der Waals surface area contributed by atoms with Gasteiger partial charge in [0.25, 0.3) is 0 Å². The first-order valence-electron chi connectivity index (χ1n) is 15.0. The lowest BCUT2D eigenvalue weighted by molar-refractivity contribution is 0.0450. The topological polar surface area (TPSA) is 173 Å². The lowest BCUT2D eigenvalue weighted by Crippen LogP contribution is -2.15. The van der Waals surface area contributed by atoms with E-state index in [2.05, 4.69) is 0 Å². The molecule has 39 heavy (non-hydrogen) atoms. The average molecular weight is 627 g/mol. The third-order valence-corrected chi connectivity index (χ3v) is 11.7. The molecule has 9 nitrogen and oxygen atoms in total. The zero-order chi connectivity index (χ0) is 31.2. The summed E-state index contributed by atoms with van der Waals surface area (Å²) in [5.41, 5.74) is 0. The van der Waals surface area contributed by atoms with Gasteiger partial charge in [0.15, 0.2) is 0 Å². The van der Waals surface area contributed by atoms with Crippen LogP contribution in [-0.2, 0) is 13.7 Å². The van der Waals surface area contributed by atoms with E-state index in [9.17, 15) is 28.4 Å². The molecule has 0 saturated heterocycles. The van der Waals surface area contributed by atoms with Gasteiger partial charge in [-0.25, -0.2) is 0 Å². The van der Waals surface area contributed by atoms with Gasteiger partial charge in [-0.05, 0) is 38.5 Å². The minimum Gasteiger partial charge on any atom is -0.394 e. The number of hydrogen-bond donors (Lipinski definition) is 6. The molecule has 0 amide bonds. The summed E-state index contributed by atoms with van der Waals surface area (Å²) >= 11 is 0. The van der Waals surface area contributed by atoms with Crippen LogP contribution >= 0.6 is 22.1 Å². The zero-order valence-corrected chi connectivity index (χ0v) is 28.7. The van der Waals surface area contributed by atoms with Gasteiger partial charge in [0, 0.05) is 37.0 Å². The van der Waals surface area contributed by atoms with Crippen LogP contribution in [0.3, 0.4) is 0 Å². The van der Waals surface area contributed by atoms with E-state index in [0.29, 0.717) is 37.0 Å². The molecule has 0 saturated carbocycles. The fourth-order valence-corrected chi connectivity index (χ4v) is 8.36. The monoisotopic (exact) mass is 626 g/mol. The van der Waals surface area contributed by atoms with E-state index >= 15 is 0 Å². The third-order valence-electron chi connectivity index (χ3n) is 5.59. The Hall–Kier alpha value is 0.450. The Kier molecular flexibility index (Phi) is 37.4. The summed E-state index contributed by atoms with van der Waals surface area (Å²) in [6, 6.07) is 0. The van der Waals surface area contributed by atoms with Crippen LogP contribution in [0, 0.1) is 0 Å². The van der Waals surface area contributed by atoms with Gasteiger partial charge in [-0.3, -0.25) is 13.7 Å². The van der Waals surface area contributed by atoms with E-state index < -0.39 is 28.2 Å². The molecule has 0 aromatic heterocycles. The van der Waals surface area contributed by atoms with Crippen LogP contribution in [0.4, 0.5) is 0 Å². The van der Waals surface area contributed by atoms with Crippen molar-refractivity contribution < 1.29 is 43.7 Å². The second-order valence-electron chi connectivity index (χ2n) is 10.0. The van der Waals surface area contributed by atoms with Crippen LogP contribution in [0.5, 0.6) is 0 Å². The summed E-state index contributed by atoms with van der Waals surface area (Å²) in [6.07, 6.45) is 13.5. The van der Waals surface area contributed by atoms with Crippen LogP contribution in [-0.4, -0.2) is 86.3 Å². The third kappa shape index (κ3) is 43.0. The van der Waals surface area contributed by atoms with Gasteiger partial charge in [0.05, 0.1) is 13.2 Å². The van der Waals surface area contributed by atoms with Crippen molar-refractivity contribution in [2.75, 3.05) is 50.2 Å². The molecule has 0 rings (SSSR count). The SMILES string of the molecule is CCCCP(=O)(O)CCCC.CCCCP(=O)(O)CCCC.CCCCP(=O)(O)CCCC.OCC(O)CO. The normalized spacial score (nSPS) is 11.6. The van der Waals surface area contributed by atoms with Crippen LogP contribution in [0.2, 0.25) is 0 Å². The van der Waals surface area contributed by atoms with Crippen LogP contribution in [0.15, 0.2) is 0 Å². The largest absolute Gasteiger partial charge is 0.394 e. The van der Waals surface area contributed by atoms with Crippen molar-refractivity contribution >= 4 is 22.1 Å². The van der Waals surface area contributed by atoms with Crippen molar-refractivity contribution in [1.29, 1.82) is 0 Å². The minimum atomic E-state index is -2.73. The molecule has 6 N–H and O–H groups in total. The quantitative estimate of drug-likeness (QED) is 0.0786. The second-order valence-corrected chi connectivity index (χ2v) is 17.8. The van der Waals surface area contributed by atoms with Crippen molar-refractivity contribution in [3.63, 3.8) is 0 Å². The lowest BCUT2D eigenvalue weighted by atomic mass is 10.4. The summed E-state index contributed by atoms with van der Waals surface area (Å²) in [6.45, 7) is 11.5. The summed E-state index contributed by atoms with van der Waals surface area (Å²) < 4.78 is 33.9. The number of hydrogen-bond acceptors (Lipinski definition) is 6. The zero-order valence-electron chi connectivity index (χ0n) is 26.0. The molecule has 0 aliphatic carbocycles.